The maximum absolute atomic E-state index is 13.5. The van der Waals surface area contributed by atoms with E-state index in [2.05, 4.69) is 38.1 Å². The number of rotatable bonds is 4. The fourth-order valence-corrected chi connectivity index (χ4v) is 2.80. The molecule has 1 N–H and O–H groups in total. The molecule has 5 nitrogen and oxygen atoms in total. The summed E-state index contributed by atoms with van der Waals surface area (Å²) in [6, 6.07) is 12.8. The van der Waals surface area contributed by atoms with Crippen LogP contribution in [0, 0.1) is 11.8 Å². The Labute approximate surface area is 171 Å². The summed E-state index contributed by atoms with van der Waals surface area (Å²) >= 11 is 3.28. The molecule has 0 atom stereocenters. The van der Waals surface area contributed by atoms with E-state index in [9.17, 15) is 13.2 Å². The van der Waals surface area contributed by atoms with Gasteiger partial charge >= 0.3 is 6.18 Å². The molecule has 29 heavy (non-hydrogen) atoms. The fraction of sp³-hybridized carbons (Fsp3) is 0.100. The zero-order valence-corrected chi connectivity index (χ0v) is 16.2. The number of benzene rings is 2. The molecular weight excluding hydrogens is 453 g/mol. The Morgan fingerprint density at radius 1 is 1.21 bits per heavy atom. The first-order valence-corrected chi connectivity index (χ1v) is 8.90. The Kier molecular flexibility index (Phi) is 6.24. The normalized spacial score (nSPS) is 11.3. The van der Waals surface area contributed by atoms with Crippen LogP contribution in [0.15, 0.2) is 62.7 Å². The lowest BCUT2D eigenvalue weighted by molar-refractivity contribution is -0.137. The zero-order chi connectivity index (χ0) is 20.9. The van der Waals surface area contributed by atoms with E-state index in [0.717, 1.165) is 0 Å². The summed E-state index contributed by atoms with van der Waals surface area (Å²) in [5.74, 6) is 4.80. The van der Waals surface area contributed by atoms with Gasteiger partial charge in [-0.2, -0.15) is 13.2 Å². The third kappa shape index (κ3) is 4.97. The van der Waals surface area contributed by atoms with Crippen molar-refractivity contribution in [3.8, 4) is 28.9 Å². The molecule has 0 radical (unpaired) electrons. The zero-order valence-electron chi connectivity index (χ0n) is 14.6. The minimum absolute atomic E-state index is 0.215. The summed E-state index contributed by atoms with van der Waals surface area (Å²) < 4.78 is 51.7. The Bertz CT molecular complexity index is 1080. The van der Waals surface area contributed by atoms with Gasteiger partial charge in [0, 0.05) is 15.6 Å². The summed E-state index contributed by atoms with van der Waals surface area (Å²) in [5.41, 5.74) is -0.835. The molecule has 0 aliphatic carbocycles. The summed E-state index contributed by atoms with van der Waals surface area (Å²) in [6.45, 7) is -0.215. The van der Waals surface area contributed by atoms with Crippen LogP contribution in [0.5, 0.6) is 5.75 Å². The second kappa shape index (κ2) is 8.84. The lowest BCUT2D eigenvalue weighted by Gasteiger charge is -2.06. The number of hydrogen-bond acceptors (Lipinski definition) is 5. The van der Waals surface area contributed by atoms with Crippen LogP contribution >= 0.6 is 15.9 Å². The molecule has 0 bridgehead atoms. The van der Waals surface area contributed by atoms with Gasteiger partial charge in [0.1, 0.15) is 17.9 Å². The number of aromatic nitrogens is 1. The molecule has 3 rings (SSSR count). The van der Waals surface area contributed by atoms with Gasteiger partial charge in [-0.25, -0.2) is 0 Å². The topological polar surface area (TPSA) is 67.9 Å². The molecule has 1 aromatic heterocycles. The SMILES string of the molecule is ON=Cc1ccc(Br)cc1OCC#Cc1noc(-c2ccccc2)c1C(F)(F)F. The van der Waals surface area contributed by atoms with Gasteiger partial charge in [0.25, 0.3) is 0 Å². The molecule has 3 aromatic rings. The number of ether oxygens (including phenoxy) is 1. The summed E-state index contributed by atoms with van der Waals surface area (Å²) in [7, 11) is 0. The lowest BCUT2D eigenvalue weighted by Crippen LogP contribution is -2.08. The van der Waals surface area contributed by atoms with Crippen molar-refractivity contribution in [1.82, 2.24) is 5.16 Å². The third-order valence-electron chi connectivity index (χ3n) is 3.69. The van der Waals surface area contributed by atoms with Crippen LogP contribution in [-0.2, 0) is 6.18 Å². The van der Waals surface area contributed by atoms with Crippen molar-refractivity contribution in [2.75, 3.05) is 6.61 Å². The molecule has 0 saturated heterocycles. The van der Waals surface area contributed by atoms with Crippen molar-refractivity contribution in [2.45, 2.75) is 6.18 Å². The number of oxime groups is 1. The molecule has 0 aliphatic heterocycles. The number of halogens is 4. The quantitative estimate of drug-likeness (QED) is 0.244. The molecule has 0 aliphatic rings. The third-order valence-corrected chi connectivity index (χ3v) is 4.18. The van der Waals surface area contributed by atoms with E-state index in [4.69, 9.17) is 14.5 Å². The highest BCUT2D eigenvalue weighted by molar-refractivity contribution is 9.10. The number of alkyl halides is 3. The minimum Gasteiger partial charge on any atom is -0.480 e. The second-order valence-corrected chi connectivity index (χ2v) is 6.53. The highest BCUT2D eigenvalue weighted by atomic mass is 79.9. The first-order chi connectivity index (χ1) is 13.9. The van der Waals surface area contributed by atoms with Crippen LogP contribution in [-0.4, -0.2) is 23.2 Å². The van der Waals surface area contributed by atoms with Gasteiger partial charge in [0.2, 0.25) is 0 Å². The largest absolute Gasteiger partial charge is 0.480 e. The highest BCUT2D eigenvalue weighted by Crippen LogP contribution is 2.39. The van der Waals surface area contributed by atoms with Gasteiger partial charge < -0.3 is 14.5 Å². The second-order valence-electron chi connectivity index (χ2n) is 5.62. The van der Waals surface area contributed by atoms with Gasteiger partial charge in [-0.3, -0.25) is 0 Å². The van der Waals surface area contributed by atoms with Crippen LogP contribution in [0.4, 0.5) is 13.2 Å². The molecule has 0 saturated carbocycles. The predicted molar refractivity (Wildman–Crippen MR) is 103 cm³/mol. The van der Waals surface area contributed by atoms with Crippen LogP contribution in [0.1, 0.15) is 16.8 Å². The minimum atomic E-state index is -4.69. The van der Waals surface area contributed by atoms with Crippen molar-refractivity contribution in [3.63, 3.8) is 0 Å². The Balaban J connectivity index is 1.85. The average Bonchev–Trinajstić information content (AvgIpc) is 3.12. The standard InChI is InChI=1S/C20H12BrF3N2O3/c21-15-9-8-14(12-25-27)17(11-15)28-10-4-7-16-18(20(22,23)24)19(29-26-16)13-5-2-1-3-6-13/h1-3,5-6,8-9,11-12,27H,10H2. The van der Waals surface area contributed by atoms with E-state index >= 15 is 0 Å². The van der Waals surface area contributed by atoms with Crippen molar-refractivity contribution < 1.29 is 27.6 Å². The van der Waals surface area contributed by atoms with E-state index in [1.54, 1.807) is 36.4 Å². The molecule has 148 valence electrons. The molecule has 0 fully saturated rings. The maximum Gasteiger partial charge on any atom is 0.422 e. The van der Waals surface area contributed by atoms with Crippen LogP contribution in [0.3, 0.4) is 0 Å². The fourth-order valence-electron chi connectivity index (χ4n) is 2.46. The lowest BCUT2D eigenvalue weighted by atomic mass is 10.1. The van der Waals surface area contributed by atoms with E-state index in [1.807, 2.05) is 0 Å². The van der Waals surface area contributed by atoms with Crippen molar-refractivity contribution >= 4 is 22.1 Å². The number of nitrogens with zero attached hydrogens (tertiary/aromatic N) is 2. The Hall–Kier alpha value is -3.25. The van der Waals surface area contributed by atoms with E-state index in [0.29, 0.717) is 15.8 Å². The average molecular weight is 465 g/mol. The Morgan fingerprint density at radius 3 is 2.66 bits per heavy atom. The van der Waals surface area contributed by atoms with E-state index in [1.165, 1.54) is 18.3 Å². The van der Waals surface area contributed by atoms with Gasteiger partial charge in [0.15, 0.2) is 11.5 Å². The first kappa shape index (κ1) is 20.5. The van der Waals surface area contributed by atoms with Gasteiger partial charge in [-0.05, 0) is 24.1 Å². The van der Waals surface area contributed by atoms with E-state index < -0.39 is 23.2 Å². The van der Waals surface area contributed by atoms with Crippen LogP contribution < -0.4 is 4.74 Å². The van der Waals surface area contributed by atoms with Crippen molar-refractivity contribution in [3.05, 3.63) is 69.8 Å². The van der Waals surface area contributed by atoms with Gasteiger partial charge in [0.05, 0.1) is 6.21 Å². The summed E-state index contributed by atoms with van der Waals surface area (Å²) in [6.07, 6.45) is -3.52. The molecular formula is C20H12BrF3N2O3. The van der Waals surface area contributed by atoms with Gasteiger partial charge in [-0.1, -0.05) is 62.5 Å². The van der Waals surface area contributed by atoms with Crippen LogP contribution in [0.2, 0.25) is 0 Å². The van der Waals surface area contributed by atoms with E-state index in [-0.39, 0.29) is 12.2 Å². The monoisotopic (exact) mass is 464 g/mol. The highest BCUT2D eigenvalue weighted by Gasteiger charge is 2.40. The number of hydrogen-bond donors (Lipinski definition) is 1. The molecule has 2 aromatic carbocycles. The smallest absolute Gasteiger partial charge is 0.422 e. The predicted octanol–water partition coefficient (Wildman–Crippen LogP) is 5.36. The van der Waals surface area contributed by atoms with Crippen LogP contribution in [0.25, 0.3) is 11.3 Å². The summed E-state index contributed by atoms with van der Waals surface area (Å²) in [5, 5.41) is 15.1. The van der Waals surface area contributed by atoms with Gasteiger partial charge in [-0.15, -0.1) is 0 Å². The first-order valence-electron chi connectivity index (χ1n) is 8.11. The molecule has 0 unspecified atom stereocenters. The molecule has 9 heteroatoms. The Morgan fingerprint density at radius 2 is 1.97 bits per heavy atom. The van der Waals surface area contributed by atoms with Crippen molar-refractivity contribution in [2.24, 2.45) is 5.16 Å². The molecule has 0 spiro atoms. The maximum atomic E-state index is 13.5. The molecule has 0 amide bonds. The van der Waals surface area contributed by atoms with Crippen molar-refractivity contribution in [1.29, 1.82) is 0 Å². The molecule has 1 heterocycles. The summed E-state index contributed by atoms with van der Waals surface area (Å²) in [4.78, 5) is 0.